The predicted molar refractivity (Wildman–Crippen MR) is 142 cm³/mol. The van der Waals surface area contributed by atoms with Crippen LogP contribution in [0.5, 0.6) is 0 Å². The monoisotopic (exact) mass is 503 g/mol. The van der Waals surface area contributed by atoms with Crippen molar-refractivity contribution in [3.05, 3.63) is 17.0 Å². The van der Waals surface area contributed by atoms with Crippen LogP contribution in [0.4, 0.5) is 0 Å². The Balaban J connectivity index is 1.55. The third-order valence-electron chi connectivity index (χ3n) is 8.87. The number of aromatic nitrogens is 2. The molecule has 3 aliphatic rings. The first-order valence-corrected chi connectivity index (χ1v) is 13.9. The lowest BCUT2D eigenvalue weighted by molar-refractivity contribution is -0.144. The topological polar surface area (TPSA) is 71.9 Å². The molecule has 1 amide bonds. The number of nitrogens with one attached hydrogen (secondary N) is 1. The summed E-state index contributed by atoms with van der Waals surface area (Å²) < 4.78 is 13.4. The Morgan fingerprint density at radius 2 is 1.81 bits per heavy atom. The van der Waals surface area contributed by atoms with E-state index in [1.807, 2.05) is 7.05 Å². The van der Waals surface area contributed by atoms with Crippen molar-refractivity contribution in [2.75, 3.05) is 61.2 Å². The fraction of sp³-hybridized carbons (Fsp3) is 0.857. The second-order valence-electron chi connectivity index (χ2n) is 12.5. The molecule has 2 heterocycles. The molecular formula is C28H49N5O3. The number of amides is 1. The molecule has 0 bridgehead atoms. The van der Waals surface area contributed by atoms with E-state index in [4.69, 9.17) is 14.6 Å². The van der Waals surface area contributed by atoms with E-state index in [2.05, 4.69) is 40.7 Å². The Kier molecular flexibility index (Phi) is 8.80. The van der Waals surface area contributed by atoms with E-state index in [0.29, 0.717) is 23.8 Å². The van der Waals surface area contributed by atoms with Crippen LogP contribution in [0.25, 0.3) is 0 Å². The molecule has 1 N–H and O–H groups in total. The van der Waals surface area contributed by atoms with Crippen LogP contribution >= 0.6 is 0 Å². The largest absolute Gasteiger partial charge is 0.384 e. The third kappa shape index (κ3) is 5.98. The van der Waals surface area contributed by atoms with Crippen LogP contribution < -0.4 is 5.32 Å². The predicted octanol–water partition coefficient (Wildman–Crippen LogP) is 3.25. The van der Waals surface area contributed by atoms with Crippen LogP contribution in [0, 0.1) is 16.7 Å². The van der Waals surface area contributed by atoms with Crippen molar-refractivity contribution in [2.45, 2.75) is 77.9 Å². The molecule has 2 aliphatic carbocycles. The van der Waals surface area contributed by atoms with Gasteiger partial charge in [-0.1, -0.05) is 13.8 Å². The molecule has 4 rings (SSSR count). The average Bonchev–Trinajstić information content (AvgIpc) is 3.18. The van der Waals surface area contributed by atoms with Crippen molar-refractivity contribution in [3.8, 4) is 0 Å². The number of hydrogen-bond donors (Lipinski definition) is 1. The van der Waals surface area contributed by atoms with E-state index < -0.39 is 0 Å². The summed E-state index contributed by atoms with van der Waals surface area (Å²) >= 11 is 0. The zero-order valence-corrected chi connectivity index (χ0v) is 23.6. The number of nitrogens with zero attached hydrogens (tertiary/aromatic N) is 4. The number of ether oxygens (including phenoxy) is 2. The van der Waals surface area contributed by atoms with Gasteiger partial charge in [-0.3, -0.25) is 14.4 Å². The Bertz CT molecular complexity index is 874. The molecule has 0 spiro atoms. The quantitative estimate of drug-likeness (QED) is 0.500. The van der Waals surface area contributed by atoms with Crippen molar-refractivity contribution in [3.63, 3.8) is 0 Å². The molecule has 2 saturated carbocycles. The minimum Gasteiger partial charge on any atom is -0.384 e. The van der Waals surface area contributed by atoms with Gasteiger partial charge >= 0.3 is 0 Å². The lowest BCUT2D eigenvalue weighted by atomic mass is 9.64. The first-order chi connectivity index (χ1) is 17.2. The van der Waals surface area contributed by atoms with E-state index in [-0.39, 0.29) is 11.3 Å². The molecule has 8 heteroatoms. The summed E-state index contributed by atoms with van der Waals surface area (Å²) in [4.78, 5) is 17.8. The fourth-order valence-electron chi connectivity index (χ4n) is 6.97. The molecule has 0 aromatic carbocycles. The third-order valence-corrected chi connectivity index (χ3v) is 8.87. The average molecular weight is 504 g/mol. The summed E-state index contributed by atoms with van der Waals surface area (Å²) in [5, 5.41) is 8.40. The smallest absolute Gasteiger partial charge is 0.226 e. The zero-order chi connectivity index (χ0) is 25.9. The summed E-state index contributed by atoms with van der Waals surface area (Å²) in [6.45, 7) is 11.1. The van der Waals surface area contributed by atoms with E-state index in [1.54, 1.807) is 14.2 Å². The van der Waals surface area contributed by atoms with Gasteiger partial charge in [-0.2, -0.15) is 5.10 Å². The SMILES string of the molecule is CNCCN(C)Cc1nn2c(c1C1CCC(COC)(COC)CC1)CN(C(=O)C1CC(C)(C)C1)CC2. The van der Waals surface area contributed by atoms with Crippen LogP contribution in [0.1, 0.15) is 75.2 Å². The molecule has 0 saturated heterocycles. The second kappa shape index (κ2) is 11.5. The minimum absolute atomic E-state index is 0.107. The summed E-state index contributed by atoms with van der Waals surface area (Å²) in [6.07, 6.45) is 6.45. The lowest BCUT2D eigenvalue weighted by Crippen LogP contribution is -2.47. The normalized spacial score (nSPS) is 22.0. The van der Waals surface area contributed by atoms with Gasteiger partial charge in [0.2, 0.25) is 5.91 Å². The number of carbonyl (C=O) groups is 1. The second-order valence-corrected chi connectivity index (χ2v) is 12.5. The molecule has 8 nitrogen and oxygen atoms in total. The van der Waals surface area contributed by atoms with E-state index in [9.17, 15) is 4.79 Å². The van der Waals surface area contributed by atoms with Crippen LogP contribution in [-0.4, -0.2) is 86.7 Å². The van der Waals surface area contributed by atoms with Gasteiger partial charge < -0.3 is 19.7 Å². The van der Waals surface area contributed by atoms with Crippen LogP contribution in [0.15, 0.2) is 0 Å². The van der Waals surface area contributed by atoms with Gasteiger partial charge in [0.05, 0.1) is 37.7 Å². The maximum Gasteiger partial charge on any atom is 0.226 e. The van der Waals surface area contributed by atoms with Crippen LogP contribution in [-0.2, 0) is 33.9 Å². The standard InChI is InChI=1S/C28H49N5O3/c1-27(2)15-22(16-27)26(34)32-13-14-33-24(18-32)25(23(30-33)17-31(4)12-11-29-3)21-7-9-28(10-8-21,19-35-5)20-36-6/h21-22,29H,7-20H2,1-6H3. The summed E-state index contributed by atoms with van der Waals surface area (Å²) in [5.41, 5.74) is 4.32. The van der Waals surface area contributed by atoms with Gasteiger partial charge in [0, 0.05) is 57.3 Å². The number of rotatable bonds is 11. The molecule has 1 aromatic heterocycles. The van der Waals surface area contributed by atoms with Crippen molar-refractivity contribution < 1.29 is 14.3 Å². The maximum atomic E-state index is 13.4. The molecule has 1 aliphatic heterocycles. The fourth-order valence-corrected chi connectivity index (χ4v) is 6.97. The van der Waals surface area contributed by atoms with E-state index >= 15 is 0 Å². The van der Waals surface area contributed by atoms with Crippen LogP contribution in [0.3, 0.4) is 0 Å². The Morgan fingerprint density at radius 1 is 1.14 bits per heavy atom. The number of hydrogen-bond acceptors (Lipinski definition) is 6. The number of fused-ring (bicyclic) bond motifs is 1. The molecule has 2 fully saturated rings. The van der Waals surface area contributed by atoms with Gasteiger partial charge in [0.1, 0.15) is 0 Å². The molecule has 0 radical (unpaired) electrons. The van der Waals surface area contributed by atoms with Crippen molar-refractivity contribution in [2.24, 2.45) is 16.7 Å². The van der Waals surface area contributed by atoms with Crippen molar-refractivity contribution in [1.29, 1.82) is 0 Å². The van der Waals surface area contributed by atoms with Gasteiger partial charge in [0.25, 0.3) is 0 Å². The van der Waals surface area contributed by atoms with Crippen molar-refractivity contribution >= 4 is 5.91 Å². The first-order valence-electron chi connectivity index (χ1n) is 13.9. The Morgan fingerprint density at radius 3 is 2.39 bits per heavy atom. The lowest BCUT2D eigenvalue weighted by Gasteiger charge is -2.44. The summed E-state index contributed by atoms with van der Waals surface area (Å²) in [6, 6.07) is 0. The highest BCUT2D eigenvalue weighted by Gasteiger charge is 2.43. The Labute approximate surface area is 218 Å². The summed E-state index contributed by atoms with van der Waals surface area (Å²) in [7, 11) is 7.77. The Hall–Kier alpha value is -1.48. The molecule has 204 valence electrons. The van der Waals surface area contributed by atoms with Gasteiger partial charge in [-0.25, -0.2) is 0 Å². The van der Waals surface area contributed by atoms with E-state index in [0.717, 1.165) is 84.5 Å². The highest BCUT2D eigenvalue weighted by Crippen LogP contribution is 2.47. The van der Waals surface area contributed by atoms with Gasteiger partial charge in [-0.15, -0.1) is 0 Å². The number of carbonyl (C=O) groups excluding carboxylic acids is 1. The van der Waals surface area contributed by atoms with Gasteiger partial charge in [0.15, 0.2) is 0 Å². The zero-order valence-electron chi connectivity index (χ0n) is 23.6. The van der Waals surface area contributed by atoms with E-state index in [1.165, 1.54) is 17.0 Å². The number of likely N-dealkylation sites (N-methyl/N-ethyl adjacent to an activating group) is 2. The van der Waals surface area contributed by atoms with Gasteiger partial charge in [-0.05, 0) is 64.0 Å². The highest BCUT2D eigenvalue weighted by atomic mass is 16.5. The first kappa shape index (κ1) is 27.6. The minimum atomic E-state index is 0.107. The molecule has 0 unspecified atom stereocenters. The van der Waals surface area contributed by atoms with Crippen LogP contribution in [0.2, 0.25) is 0 Å². The summed E-state index contributed by atoms with van der Waals surface area (Å²) in [5.74, 6) is 1.02. The molecule has 1 aromatic rings. The number of methoxy groups -OCH3 is 2. The molecule has 36 heavy (non-hydrogen) atoms. The highest BCUT2D eigenvalue weighted by molar-refractivity contribution is 5.80. The molecule has 0 atom stereocenters. The molecular weight excluding hydrogens is 454 g/mol. The maximum absolute atomic E-state index is 13.4. The van der Waals surface area contributed by atoms with Crippen molar-refractivity contribution in [1.82, 2.24) is 24.9 Å².